The lowest BCUT2D eigenvalue weighted by Crippen LogP contribution is -2.75. The summed E-state index contributed by atoms with van der Waals surface area (Å²) in [5, 5.41) is 19.7. The van der Waals surface area contributed by atoms with Crippen LogP contribution in [-0.2, 0) is 0 Å². The van der Waals surface area contributed by atoms with Crippen molar-refractivity contribution in [3.63, 3.8) is 0 Å². The van der Waals surface area contributed by atoms with E-state index in [1.807, 2.05) is 0 Å². The van der Waals surface area contributed by atoms with Gasteiger partial charge in [-0.25, -0.2) is 0 Å². The molecule has 0 radical (unpaired) electrons. The Morgan fingerprint density at radius 1 is 1.18 bits per heavy atom. The van der Waals surface area contributed by atoms with Crippen molar-refractivity contribution < 1.29 is 5.11 Å². The van der Waals surface area contributed by atoms with Gasteiger partial charge in [-0.05, 0) is 0 Å². The number of aliphatic hydroxyl groups is 1. The molecule has 0 aliphatic carbocycles. The Bertz CT molecular complexity index is 111. The van der Waals surface area contributed by atoms with E-state index in [0.29, 0.717) is 0 Å². The number of nitrogens with one attached hydrogen (secondary N) is 4. The SMILES string of the molecule is NC1NC(N)NC(NCO)N1. The Labute approximate surface area is 64.5 Å². The Morgan fingerprint density at radius 3 is 2.18 bits per heavy atom. The van der Waals surface area contributed by atoms with E-state index in [9.17, 15) is 0 Å². The molecule has 7 heteroatoms. The van der Waals surface area contributed by atoms with Gasteiger partial charge in [-0.3, -0.25) is 21.3 Å². The van der Waals surface area contributed by atoms with Crippen molar-refractivity contribution in [2.24, 2.45) is 11.5 Å². The average Bonchev–Trinajstić information content (AvgIpc) is 1.85. The number of nitrogens with two attached hydrogens (primary N) is 2. The van der Waals surface area contributed by atoms with Gasteiger partial charge in [0.2, 0.25) is 0 Å². The highest BCUT2D eigenvalue weighted by molar-refractivity contribution is 4.74. The predicted molar refractivity (Wildman–Crippen MR) is 39.4 cm³/mol. The quantitative estimate of drug-likeness (QED) is 0.207. The highest BCUT2D eigenvalue weighted by Crippen LogP contribution is 1.81. The second kappa shape index (κ2) is 3.93. The summed E-state index contributed by atoms with van der Waals surface area (Å²) in [5.41, 5.74) is 11.0. The standard InChI is InChI=1S/C4H14N6O/c5-2-8-3(6)10-4(9-2)7-1-11/h2-4,7-11H,1,5-6H2. The largest absolute Gasteiger partial charge is 0.381 e. The first-order valence-electron chi connectivity index (χ1n) is 3.36. The molecule has 1 saturated heterocycles. The van der Waals surface area contributed by atoms with Gasteiger partial charge >= 0.3 is 0 Å². The fourth-order valence-electron chi connectivity index (χ4n) is 0.906. The molecule has 0 aromatic carbocycles. The Hall–Kier alpha value is -0.280. The average molecular weight is 162 g/mol. The van der Waals surface area contributed by atoms with Crippen molar-refractivity contribution in [3.05, 3.63) is 0 Å². The summed E-state index contributed by atoms with van der Waals surface area (Å²) in [6.45, 7) is -0.135. The van der Waals surface area contributed by atoms with Crippen molar-refractivity contribution in [1.29, 1.82) is 0 Å². The van der Waals surface area contributed by atoms with Gasteiger partial charge in [-0.1, -0.05) is 0 Å². The van der Waals surface area contributed by atoms with Crippen molar-refractivity contribution in [3.8, 4) is 0 Å². The molecular formula is C4H14N6O. The van der Waals surface area contributed by atoms with Gasteiger partial charge in [0.25, 0.3) is 0 Å². The molecule has 0 aromatic heterocycles. The third-order valence-electron chi connectivity index (χ3n) is 1.35. The number of aliphatic hydroxyl groups excluding tert-OH is 1. The van der Waals surface area contributed by atoms with E-state index in [-0.39, 0.29) is 25.6 Å². The first-order chi connectivity index (χ1) is 5.22. The van der Waals surface area contributed by atoms with Gasteiger partial charge in [0.15, 0.2) is 0 Å². The van der Waals surface area contributed by atoms with Crippen molar-refractivity contribution in [1.82, 2.24) is 21.3 Å². The molecule has 1 heterocycles. The lowest BCUT2D eigenvalue weighted by Gasteiger charge is -2.35. The minimum atomic E-state index is -0.365. The van der Waals surface area contributed by atoms with Gasteiger partial charge in [0.1, 0.15) is 18.9 Å². The molecule has 2 unspecified atom stereocenters. The van der Waals surface area contributed by atoms with Crippen LogP contribution in [0.4, 0.5) is 0 Å². The number of hydrogen-bond donors (Lipinski definition) is 7. The van der Waals surface area contributed by atoms with Crippen LogP contribution in [0.5, 0.6) is 0 Å². The molecule has 0 bridgehead atoms. The molecule has 0 saturated carbocycles. The molecule has 0 amide bonds. The molecule has 1 aliphatic heterocycles. The maximum Gasteiger partial charge on any atom is 0.118 e. The lowest BCUT2D eigenvalue weighted by atomic mass is 10.5. The second-order valence-electron chi connectivity index (χ2n) is 2.25. The third-order valence-corrected chi connectivity index (χ3v) is 1.35. The van der Waals surface area contributed by atoms with Crippen molar-refractivity contribution in [2.75, 3.05) is 6.73 Å². The fourth-order valence-corrected chi connectivity index (χ4v) is 0.906. The monoisotopic (exact) mass is 162 g/mol. The van der Waals surface area contributed by atoms with Crippen LogP contribution in [0, 0.1) is 0 Å². The Balaban J connectivity index is 2.30. The minimum absolute atomic E-state index is 0.135. The third kappa shape index (κ3) is 2.67. The molecule has 9 N–H and O–H groups in total. The molecule has 0 aromatic rings. The van der Waals surface area contributed by atoms with Crippen molar-refractivity contribution in [2.45, 2.75) is 18.9 Å². The summed E-state index contributed by atoms with van der Waals surface area (Å²) in [4.78, 5) is 0. The fraction of sp³-hybridized carbons (Fsp3) is 1.00. The normalized spacial score (nSPS) is 39.0. The van der Waals surface area contributed by atoms with Crippen LogP contribution < -0.4 is 32.7 Å². The number of rotatable bonds is 2. The van der Waals surface area contributed by atoms with E-state index in [1.165, 1.54) is 0 Å². The highest BCUT2D eigenvalue weighted by atomic mass is 16.3. The number of hydrogen-bond acceptors (Lipinski definition) is 7. The molecule has 1 fully saturated rings. The second-order valence-corrected chi connectivity index (χ2v) is 2.25. The van der Waals surface area contributed by atoms with E-state index in [4.69, 9.17) is 16.6 Å². The van der Waals surface area contributed by atoms with Gasteiger partial charge in [0, 0.05) is 0 Å². The summed E-state index contributed by atoms with van der Waals surface area (Å²) in [5.74, 6) is 0. The zero-order valence-corrected chi connectivity index (χ0v) is 6.04. The minimum Gasteiger partial charge on any atom is -0.381 e. The molecule has 1 aliphatic rings. The molecule has 66 valence electrons. The van der Waals surface area contributed by atoms with Crippen molar-refractivity contribution >= 4 is 0 Å². The van der Waals surface area contributed by atoms with Crippen LogP contribution in [0.2, 0.25) is 0 Å². The van der Waals surface area contributed by atoms with Gasteiger partial charge in [0.05, 0.1) is 6.73 Å². The first-order valence-corrected chi connectivity index (χ1v) is 3.36. The predicted octanol–water partition coefficient (Wildman–Crippen LogP) is -3.92. The summed E-state index contributed by atoms with van der Waals surface area (Å²) in [6, 6.07) is 0. The molecule has 2 atom stereocenters. The first kappa shape index (κ1) is 8.81. The topological polar surface area (TPSA) is 120 Å². The van der Waals surface area contributed by atoms with E-state index in [2.05, 4.69) is 21.3 Å². The molecule has 1 rings (SSSR count). The van der Waals surface area contributed by atoms with Gasteiger partial charge in [-0.2, -0.15) is 0 Å². The van der Waals surface area contributed by atoms with Gasteiger partial charge in [-0.15, -0.1) is 0 Å². The summed E-state index contributed by atoms with van der Waals surface area (Å²) in [6.07, 6.45) is -0.989. The van der Waals surface area contributed by atoms with E-state index >= 15 is 0 Å². The lowest BCUT2D eigenvalue weighted by molar-refractivity contribution is 0.141. The summed E-state index contributed by atoms with van der Waals surface area (Å²) < 4.78 is 0. The van der Waals surface area contributed by atoms with Crippen LogP contribution in [0.3, 0.4) is 0 Å². The maximum atomic E-state index is 8.50. The Kier molecular flexibility index (Phi) is 3.15. The van der Waals surface area contributed by atoms with E-state index < -0.39 is 0 Å². The van der Waals surface area contributed by atoms with Crippen LogP contribution in [0.15, 0.2) is 0 Å². The smallest absolute Gasteiger partial charge is 0.118 e. The van der Waals surface area contributed by atoms with E-state index in [1.54, 1.807) is 0 Å². The molecule has 7 nitrogen and oxygen atoms in total. The highest BCUT2D eigenvalue weighted by Gasteiger charge is 2.20. The van der Waals surface area contributed by atoms with Crippen LogP contribution in [0.1, 0.15) is 0 Å². The Morgan fingerprint density at radius 2 is 1.73 bits per heavy atom. The zero-order chi connectivity index (χ0) is 8.27. The van der Waals surface area contributed by atoms with Crippen LogP contribution in [-0.4, -0.2) is 30.7 Å². The molecule has 0 spiro atoms. The summed E-state index contributed by atoms with van der Waals surface area (Å²) >= 11 is 0. The molecular weight excluding hydrogens is 148 g/mol. The zero-order valence-electron chi connectivity index (χ0n) is 6.04. The van der Waals surface area contributed by atoms with Crippen LogP contribution in [0.25, 0.3) is 0 Å². The van der Waals surface area contributed by atoms with Crippen LogP contribution >= 0.6 is 0 Å². The van der Waals surface area contributed by atoms with Gasteiger partial charge < -0.3 is 16.6 Å². The molecule has 11 heavy (non-hydrogen) atoms. The van der Waals surface area contributed by atoms with E-state index in [0.717, 1.165) is 0 Å². The summed E-state index contributed by atoms with van der Waals surface area (Å²) in [7, 11) is 0. The maximum absolute atomic E-state index is 8.50.